The number of Topliss-reactive ketones (excluding diaryl/α,β-unsaturated/α-hetero) is 1. The van der Waals surface area contributed by atoms with Gasteiger partial charge in [0, 0.05) is 17.8 Å². The smallest absolute Gasteiger partial charge is 0.355 e. The molecule has 8 nitrogen and oxygen atoms in total. The fraction of sp³-hybridized carbons (Fsp3) is 0.286. The zero-order valence-corrected chi connectivity index (χ0v) is 12.3. The summed E-state index contributed by atoms with van der Waals surface area (Å²) in [4.78, 5) is 37.5. The van der Waals surface area contributed by atoms with E-state index < -0.39 is 18.0 Å². The number of aromatic nitrogens is 2. The number of nitrogens with one attached hydrogen (secondary N) is 2. The van der Waals surface area contributed by atoms with E-state index in [1.54, 1.807) is 6.92 Å². The molecule has 8 heteroatoms. The third-order valence-electron chi connectivity index (χ3n) is 2.84. The highest BCUT2D eigenvalue weighted by atomic mass is 16.5. The predicted octanol–water partition coefficient (Wildman–Crippen LogP) is 1.70. The monoisotopic (exact) mass is 305 g/mol. The normalized spacial score (nSPS) is 11.8. The van der Waals surface area contributed by atoms with Crippen LogP contribution in [0.5, 0.6) is 0 Å². The molecule has 2 rings (SSSR count). The highest BCUT2D eigenvalue weighted by molar-refractivity contribution is 5.99. The molecule has 0 fully saturated rings. The quantitative estimate of drug-likeness (QED) is 0.642. The molecule has 22 heavy (non-hydrogen) atoms. The molecule has 0 saturated carbocycles. The third-order valence-corrected chi connectivity index (χ3v) is 2.84. The Labute approximate surface area is 125 Å². The number of anilines is 1. The molecule has 2 heterocycles. The average Bonchev–Trinajstić information content (AvgIpc) is 3.07. The first-order valence-electron chi connectivity index (χ1n) is 6.51. The maximum absolute atomic E-state index is 11.9. The number of esters is 1. The number of aryl methyl sites for hydroxylation is 1. The molecule has 0 aliphatic heterocycles. The summed E-state index contributed by atoms with van der Waals surface area (Å²) >= 11 is 0. The average molecular weight is 305 g/mol. The largest absolute Gasteiger partial charge is 0.448 e. The lowest BCUT2D eigenvalue weighted by atomic mass is 10.2. The van der Waals surface area contributed by atoms with Gasteiger partial charge in [-0.25, -0.2) is 4.79 Å². The summed E-state index contributed by atoms with van der Waals surface area (Å²) < 4.78 is 9.83. The van der Waals surface area contributed by atoms with E-state index in [1.165, 1.54) is 32.2 Å². The van der Waals surface area contributed by atoms with Crippen LogP contribution in [0.4, 0.5) is 5.82 Å². The number of rotatable bonds is 5. The van der Waals surface area contributed by atoms with Crippen molar-refractivity contribution in [2.75, 3.05) is 5.32 Å². The van der Waals surface area contributed by atoms with Crippen LogP contribution in [-0.2, 0) is 9.53 Å². The van der Waals surface area contributed by atoms with Crippen LogP contribution in [0.25, 0.3) is 0 Å². The van der Waals surface area contributed by atoms with Crippen LogP contribution in [0.1, 0.15) is 40.5 Å². The first kappa shape index (κ1) is 15.5. The van der Waals surface area contributed by atoms with Gasteiger partial charge < -0.3 is 19.6 Å². The van der Waals surface area contributed by atoms with E-state index in [-0.39, 0.29) is 17.3 Å². The minimum Gasteiger partial charge on any atom is -0.448 e. The van der Waals surface area contributed by atoms with E-state index in [1.807, 2.05) is 0 Å². The van der Waals surface area contributed by atoms with E-state index in [9.17, 15) is 14.4 Å². The van der Waals surface area contributed by atoms with Crippen LogP contribution >= 0.6 is 0 Å². The lowest BCUT2D eigenvalue weighted by Crippen LogP contribution is -2.30. The first-order valence-corrected chi connectivity index (χ1v) is 6.51. The Kier molecular flexibility index (Phi) is 4.40. The molecule has 2 aromatic rings. The Morgan fingerprint density at radius 2 is 2.09 bits per heavy atom. The summed E-state index contributed by atoms with van der Waals surface area (Å²) in [6, 6.07) is 2.91. The second-order valence-electron chi connectivity index (χ2n) is 4.72. The van der Waals surface area contributed by atoms with Crippen LogP contribution < -0.4 is 5.32 Å². The summed E-state index contributed by atoms with van der Waals surface area (Å²) in [5, 5.41) is 6.06. The number of hydrogen-bond acceptors (Lipinski definition) is 6. The van der Waals surface area contributed by atoms with Gasteiger partial charge in [0.05, 0.1) is 0 Å². The Morgan fingerprint density at radius 3 is 2.64 bits per heavy atom. The molecule has 0 radical (unpaired) electrons. The highest BCUT2D eigenvalue weighted by Gasteiger charge is 2.21. The number of aromatic amines is 1. The van der Waals surface area contributed by atoms with Gasteiger partial charge in [-0.3, -0.25) is 9.59 Å². The molecule has 0 spiro atoms. The minimum atomic E-state index is -1.03. The molecule has 2 aromatic heterocycles. The minimum absolute atomic E-state index is 0.0992. The molecule has 116 valence electrons. The molecule has 2 N–H and O–H groups in total. The zero-order valence-electron chi connectivity index (χ0n) is 12.3. The van der Waals surface area contributed by atoms with E-state index in [4.69, 9.17) is 9.26 Å². The Bertz CT molecular complexity index is 716. The van der Waals surface area contributed by atoms with Gasteiger partial charge in [0.25, 0.3) is 5.91 Å². The number of H-pyrrole nitrogens is 1. The standard InChI is InChI=1S/C14H15N3O5/c1-7-4-12(17-22-7)16-13(19)9(3)21-14(20)11-5-10(6-15-11)8(2)18/h4-6,9,15H,1-3H3,(H,16,17,19)/t9-/m0/s1. The van der Waals surface area contributed by atoms with Crippen LogP contribution in [0.2, 0.25) is 0 Å². The van der Waals surface area contributed by atoms with E-state index >= 15 is 0 Å². The second kappa shape index (κ2) is 6.25. The van der Waals surface area contributed by atoms with E-state index in [2.05, 4.69) is 15.5 Å². The zero-order chi connectivity index (χ0) is 16.3. The Hall–Kier alpha value is -2.90. The van der Waals surface area contributed by atoms with Gasteiger partial charge in [-0.1, -0.05) is 5.16 Å². The Morgan fingerprint density at radius 1 is 1.36 bits per heavy atom. The van der Waals surface area contributed by atoms with Crippen LogP contribution in [0.15, 0.2) is 22.9 Å². The molecule has 0 aliphatic rings. The van der Waals surface area contributed by atoms with Crippen molar-refractivity contribution in [1.29, 1.82) is 0 Å². The summed E-state index contributed by atoms with van der Waals surface area (Å²) in [6.07, 6.45) is 0.371. The topological polar surface area (TPSA) is 114 Å². The molecule has 1 atom stereocenters. The summed E-state index contributed by atoms with van der Waals surface area (Å²) in [6.45, 7) is 4.49. The number of ketones is 1. The second-order valence-corrected chi connectivity index (χ2v) is 4.72. The van der Waals surface area contributed by atoms with Gasteiger partial charge in [-0.15, -0.1) is 0 Å². The fourth-order valence-electron chi connectivity index (χ4n) is 1.65. The number of amides is 1. The summed E-state index contributed by atoms with van der Waals surface area (Å²) in [5.74, 6) is -0.666. The SMILES string of the molecule is CC(=O)c1c[nH]c(C(=O)O[C@@H](C)C(=O)Nc2cc(C)on2)c1. The van der Waals surface area contributed by atoms with E-state index in [0.717, 1.165) is 0 Å². The molecule has 0 unspecified atom stereocenters. The molecule has 0 saturated heterocycles. The van der Waals surface area contributed by atoms with Crippen molar-refractivity contribution in [3.63, 3.8) is 0 Å². The summed E-state index contributed by atoms with van der Waals surface area (Å²) in [5.41, 5.74) is 0.462. The lowest BCUT2D eigenvalue weighted by molar-refractivity contribution is -0.123. The number of hydrogen-bond donors (Lipinski definition) is 2. The molecule has 0 aromatic carbocycles. The van der Waals surface area contributed by atoms with E-state index in [0.29, 0.717) is 11.3 Å². The third kappa shape index (κ3) is 3.60. The molecular weight excluding hydrogens is 290 g/mol. The molecule has 0 aliphatic carbocycles. The van der Waals surface area contributed by atoms with Crippen molar-refractivity contribution in [1.82, 2.24) is 10.1 Å². The van der Waals surface area contributed by atoms with Crippen molar-refractivity contribution in [2.45, 2.75) is 26.9 Å². The van der Waals surface area contributed by atoms with Crippen molar-refractivity contribution in [3.8, 4) is 0 Å². The van der Waals surface area contributed by atoms with Gasteiger partial charge in [0.1, 0.15) is 11.5 Å². The number of carbonyl (C=O) groups is 3. The van der Waals surface area contributed by atoms with Crippen LogP contribution in [0, 0.1) is 6.92 Å². The maximum Gasteiger partial charge on any atom is 0.355 e. The van der Waals surface area contributed by atoms with Crippen molar-refractivity contribution < 1.29 is 23.6 Å². The van der Waals surface area contributed by atoms with Crippen LogP contribution in [-0.4, -0.2) is 33.9 Å². The summed E-state index contributed by atoms with van der Waals surface area (Å²) in [7, 11) is 0. The number of nitrogens with zero attached hydrogens (tertiary/aromatic N) is 1. The molecular formula is C14H15N3O5. The first-order chi connectivity index (χ1) is 10.4. The fourth-order valence-corrected chi connectivity index (χ4v) is 1.65. The number of ether oxygens (including phenoxy) is 1. The van der Waals surface area contributed by atoms with Crippen molar-refractivity contribution >= 4 is 23.5 Å². The number of carbonyl (C=O) groups excluding carboxylic acids is 3. The molecule has 1 amide bonds. The Balaban J connectivity index is 1.95. The van der Waals surface area contributed by atoms with Crippen LogP contribution in [0.3, 0.4) is 0 Å². The van der Waals surface area contributed by atoms with Gasteiger partial charge in [-0.2, -0.15) is 0 Å². The molecule has 0 bridgehead atoms. The van der Waals surface area contributed by atoms with Gasteiger partial charge in [0.15, 0.2) is 17.7 Å². The van der Waals surface area contributed by atoms with Gasteiger partial charge >= 0.3 is 5.97 Å². The highest BCUT2D eigenvalue weighted by Crippen LogP contribution is 2.10. The predicted molar refractivity (Wildman–Crippen MR) is 75.5 cm³/mol. The van der Waals surface area contributed by atoms with Gasteiger partial charge in [-0.05, 0) is 26.8 Å². The lowest BCUT2D eigenvalue weighted by Gasteiger charge is -2.11. The van der Waals surface area contributed by atoms with Gasteiger partial charge in [0.2, 0.25) is 0 Å². The maximum atomic E-state index is 11.9. The van der Waals surface area contributed by atoms with Crippen molar-refractivity contribution in [2.24, 2.45) is 0 Å². The van der Waals surface area contributed by atoms with Crippen molar-refractivity contribution in [3.05, 3.63) is 35.3 Å².